The van der Waals surface area contributed by atoms with E-state index in [1.807, 2.05) is 0 Å². The summed E-state index contributed by atoms with van der Waals surface area (Å²) in [7, 11) is 0. The summed E-state index contributed by atoms with van der Waals surface area (Å²) < 4.78 is 5.17. The fourth-order valence-corrected chi connectivity index (χ4v) is 1.37. The Morgan fingerprint density at radius 3 is 2.59 bits per heavy atom. The number of hydrogen-bond donors (Lipinski definition) is 0. The van der Waals surface area contributed by atoms with Crippen LogP contribution in [0.25, 0.3) is 11.3 Å². The molecule has 0 saturated carbocycles. The van der Waals surface area contributed by atoms with Crippen LogP contribution in [0, 0.1) is 0 Å². The van der Waals surface area contributed by atoms with Gasteiger partial charge in [-0.3, -0.25) is 4.79 Å². The average Bonchev–Trinajstić information content (AvgIpc) is 2.77. The van der Waals surface area contributed by atoms with Crippen molar-refractivity contribution in [1.82, 2.24) is 0 Å². The van der Waals surface area contributed by atoms with Gasteiger partial charge >= 0.3 is 51.4 Å². The summed E-state index contributed by atoms with van der Waals surface area (Å²) in [6, 6.07) is 9.28. The van der Waals surface area contributed by atoms with Crippen molar-refractivity contribution in [2.45, 2.75) is 0 Å². The average molecular weight is 254 g/mol. The number of hydrogen-bond acceptors (Lipinski definition) is 4. The first-order valence-corrected chi connectivity index (χ1v) is 4.57. The quantitative estimate of drug-likeness (QED) is 0.475. The van der Waals surface area contributed by atoms with E-state index in [0.717, 1.165) is 0 Å². The Bertz CT molecular complexity index is 545. The van der Waals surface area contributed by atoms with Gasteiger partial charge in [0, 0.05) is 5.56 Å². The van der Waals surface area contributed by atoms with Crippen LogP contribution in [0.15, 0.2) is 40.8 Å². The van der Waals surface area contributed by atoms with Crippen molar-refractivity contribution in [3.8, 4) is 11.3 Å². The Morgan fingerprint density at radius 2 is 2.00 bits per heavy atom. The van der Waals surface area contributed by atoms with E-state index in [9.17, 15) is 14.7 Å². The standard InChI is InChI=1S/C12H8O4.K/c13-7-10-4-5-11(16-10)8-2-1-3-9(6-8)12(14)15;/h1-7H,(H,14,15);/q;+1/p-1. The van der Waals surface area contributed by atoms with Gasteiger partial charge in [-0.1, -0.05) is 18.2 Å². The van der Waals surface area contributed by atoms with E-state index in [4.69, 9.17) is 4.42 Å². The van der Waals surface area contributed by atoms with Gasteiger partial charge in [-0.2, -0.15) is 0 Å². The van der Waals surface area contributed by atoms with Crippen molar-refractivity contribution in [2.24, 2.45) is 0 Å². The first kappa shape index (κ1) is 14.3. The molecule has 0 bridgehead atoms. The molecule has 0 amide bonds. The summed E-state index contributed by atoms with van der Waals surface area (Å²) in [6.45, 7) is 0. The molecule has 0 fully saturated rings. The third-order valence-corrected chi connectivity index (χ3v) is 2.13. The van der Waals surface area contributed by atoms with Gasteiger partial charge in [-0.25, -0.2) is 0 Å². The SMILES string of the molecule is O=Cc1ccc(-c2cccc(C(=O)[O-])c2)o1.[K+]. The number of carboxylic acids is 1. The van der Waals surface area contributed by atoms with Crippen molar-refractivity contribution in [1.29, 1.82) is 0 Å². The van der Waals surface area contributed by atoms with E-state index in [-0.39, 0.29) is 62.7 Å². The maximum atomic E-state index is 10.6. The predicted octanol–water partition coefficient (Wildman–Crippen LogP) is -1.87. The van der Waals surface area contributed by atoms with Crippen molar-refractivity contribution >= 4 is 12.3 Å². The van der Waals surface area contributed by atoms with Crippen LogP contribution < -0.4 is 56.5 Å². The Labute approximate surface area is 140 Å². The van der Waals surface area contributed by atoms with Crippen LogP contribution in [-0.2, 0) is 0 Å². The largest absolute Gasteiger partial charge is 1.00 e. The Morgan fingerprint density at radius 1 is 1.24 bits per heavy atom. The molecule has 0 aliphatic carbocycles. The van der Waals surface area contributed by atoms with Gasteiger partial charge in [-0.15, -0.1) is 0 Å². The molecular formula is C12H7KO4. The Kier molecular flexibility index (Phi) is 5.29. The monoisotopic (exact) mass is 254 g/mol. The first-order chi connectivity index (χ1) is 7.70. The third kappa shape index (κ3) is 3.37. The minimum atomic E-state index is -1.25. The van der Waals surface area contributed by atoms with E-state index < -0.39 is 5.97 Å². The van der Waals surface area contributed by atoms with Crippen LogP contribution in [0.1, 0.15) is 20.9 Å². The number of aromatic carboxylic acids is 1. The van der Waals surface area contributed by atoms with E-state index >= 15 is 0 Å². The fourth-order valence-electron chi connectivity index (χ4n) is 1.37. The molecule has 0 aliphatic rings. The van der Waals surface area contributed by atoms with Crippen molar-refractivity contribution in [2.75, 3.05) is 0 Å². The molecule has 0 unspecified atom stereocenters. The maximum absolute atomic E-state index is 10.6. The third-order valence-electron chi connectivity index (χ3n) is 2.13. The van der Waals surface area contributed by atoms with Gasteiger partial charge in [0.05, 0.1) is 5.97 Å². The minimum absolute atomic E-state index is 0. The molecule has 4 nitrogen and oxygen atoms in total. The van der Waals surface area contributed by atoms with Crippen LogP contribution in [-0.4, -0.2) is 12.3 Å². The second-order valence-corrected chi connectivity index (χ2v) is 3.19. The number of carboxylic acid groups (broad SMARTS) is 1. The molecule has 1 heterocycles. The summed E-state index contributed by atoms with van der Waals surface area (Å²) >= 11 is 0. The zero-order valence-electron chi connectivity index (χ0n) is 9.17. The number of aldehydes is 1. The van der Waals surface area contributed by atoms with Gasteiger partial charge in [0.25, 0.3) is 0 Å². The molecule has 80 valence electrons. The van der Waals surface area contributed by atoms with Crippen LogP contribution in [0.3, 0.4) is 0 Å². The van der Waals surface area contributed by atoms with E-state index in [1.54, 1.807) is 18.2 Å². The van der Waals surface area contributed by atoms with Gasteiger partial charge < -0.3 is 14.3 Å². The zero-order chi connectivity index (χ0) is 11.5. The summed E-state index contributed by atoms with van der Waals surface area (Å²) in [5.74, 6) is -0.594. The first-order valence-electron chi connectivity index (χ1n) is 4.57. The normalized spacial score (nSPS) is 9.41. The molecule has 2 aromatic rings. The van der Waals surface area contributed by atoms with E-state index in [2.05, 4.69) is 0 Å². The predicted molar refractivity (Wildman–Crippen MR) is 53.9 cm³/mol. The molecular weight excluding hydrogens is 247 g/mol. The van der Waals surface area contributed by atoms with Crippen molar-refractivity contribution < 1.29 is 70.5 Å². The number of furan rings is 1. The van der Waals surface area contributed by atoms with Crippen LogP contribution >= 0.6 is 0 Å². The Balaban J connectivity index is 0.00000144. The van der Waals surface area contributed by atoms with Gasteiger partial charge in [0.15, 0.2) is 12.0 Å². The summed E-state index contributed by atoms with van der Waals surface area (Å²) in [6.07, 6.45) is 0.589. The summed E-state index contributed by atoms with van der Waals surface area (Å²) in [4.78, 5) is 21.1. The minimum Gasteiger partial charge on any atom is -0.545 e. The van der Waals surface area contributed by atoms with Crippen molar-refractivity contribution in [3.05, 3.63) is 47.7 Å². The van der Waals surface area contributed by atoms with Gasteiger partial charge in [0.2, 0.25) is 0 Å². The number of rotatable bonds is 3. The van der Waals surface area contributed by atoms with Gasteiger partial charge in [0.1, 0.15) is 5.76 Å². The number of carbonyl (C=O) groups excluding carboxylic acids is 2. The van der Waals surface area contributed by atoms with Crippen LogP contribution in [0.4, 0.5) is 0 Å². The molecule has 0 radical (unpaired) electrons. The Hall–Kier alpha value is -0.724. The zero-order valence-corrected chi connectivity index (χ0v) is 12.3. The molecule has 0 aliphatic heterocycles. The smallest absolute Gasteiger partial charge is 0.545 e. The van der Waals surface area contributed by atoms with Crippen LogP contribution in [0.5, 0.6) is 0 Å². The fraction of sp³-hybridized carbons (Fsp3) is 0. The molecule has 17 heavy (non-hydrogen) atoms. The molecule has 2 rings (SSSR count). The topological polar surface area (TPSA) is 70.3 Å². The van der Waals surface area contributed by atoms with Gasteiger partial charge in [-0.05, 0) is 23.8 Å². The number of carbonyl (C=O) groups is 2. The second-order valence-electron chi connectivity index (χ2n) is 3.19. The molecule has 0 spiro atoms. The summed E-state index contributed by atoms with van der Waals surface area (Å²) in [5, 5.41) is 10.6. The molecule has 1 aromatic heterocycles. The van der Waals surface area contributed by atoms with Crippen LogP contribution in [0.2, 0.25) is 0 Å². The number of benzene rings is 1. The molecule has 0 saturated heterocycles. The second kappa shape index (κ2) is 6.27. The maximum Gasteiger partial charge on any atom is 1.00 e. The summed E-state index contributed by atoms with van der Waals surface area (Å²) in [5.41, 5.74) is 0.663. The van der Waals surface area contributed by atoms with E-state index in [0.29, 0.717) is 17.6 Å². The molecule has 1 aromatic carbocycles. The van der Waals surface area contributed by atoms with E-state index in [1.165, 1.54) is 18.2 Å². The van der Waals surface area contributed by atoms with Crippen molar-refractivity contribution in [3.63, 3.8) is 0 Å². The molecule has 5 heteroatoms. The molecule has 0 N–H and O–H groups in total. The molecule has 0 atom stereocenters.